The smallest absolute Gasteiger partial charge is 0.223 e. The average Bonchev–Trinajstić information content (AvgIpc) is 3.21. The molecule has 0 saturated carbocycles. The number of aromatic nitrogens is 1. The molecule has 4 heterocycles. The molecule has 5 nitrogen and oxygen atoms in total. The van der Waals surface area contributed by atoms with E-state index >= 15 is 0 Å². The molecule has 2 atom stereocenters. The van der Waals surface area contributed by atoms with Crippen molar-refractivity contribution in [1.82, 2.24) is 14.8 Å². The Hall–Kier alpha value is -1.46. The van der Waals surface area contributed by atoms with Crippen LogP contribution in [0.1, 0.15) is 37.2 Å². The van der Waals surface area contributed by atoms with E-state index in [1.54, 1.807) is 0 Å². The van der Waals surface area contributed by atoms with Crippen LogP contribution in [0.15, 0.2) is 24.5 Å². The van der Waals surface area contributed by atoms with E-state index < -0.39 is 0 Å². The SMILES string of the molecule is CN1C(=O)C[C@H](c2ccncc2)C12CCN(C[C@H]1CCOC1)CC2. The first-order chi connectivity index (χ1) is 11.7. The van der Waals surface area contributed by atoms with Gasteiger partial charge in [0.25, 0.3) is 0 Å². The maximum Gasteiger partial charge on any atom is 0.223 e. The monoisotopic (exact) mass is 329 g/mol. The number of piperidine rings is 1. The zero-order chi connectivity index (χ0) is 16.6. The molecule has 130 valence electrons. The number of hydrogen-bond donors (Lipinski definition) is 0. The molecule has 3 fully saturated rings. The number of rotatable bonds is 3. The van der Waals surface area contributed by atoms with Gasteiger partial charge in [0.1, 0.15) is 0 Å². The van der Waals surface area contributed by atoms with Gasteiger partial charge in [0.2, 0.25) is 5.91 Å². The van der Waals surface area contributed by atoms with Gasteiger partial charge in [0.15, 0.2) is 0 Å². The maximum atomic E-state index is 12.5. The Balaban J connectivity index is 1.49. The average molecular weight is 329 g/mol. The first-order valence-electron chi connectivity index (χ1n) is 9.16. The molecule has 0 radical (unpaired) electrons. The normalized spacial score (nSPS) is 30.4. The topological polar surface area (TPSA) is 45.7 Å². The van der Waals surface area contributed by atoms with Gasteiger partial charge in [-0.15, -0.1) is 0 Å². The zero-order valence-electron chi connectivity index (χ0n) is 14.5. The minimum absolute atomic E-state index is 0.0128. The summed E-state index contributed by atoms with van der Waals surface area (Å²) in [6.07, 6.45) is 7.66. The number of carbonyl (C=O) groups is 1. The minimum atomic E-state index is -0.0128. The second kappa shape index (κ2) is 6.45. The Bertz CT molecular complexity index is 578. The summed E-state index contributed by atoms with van der Waals surface area (Å²) in [4.78, 5) is 21.2. The van der Waals surface area contributed by atoms with Gasteiger partial charge in [-0.1, -0.05) is 0 Å². The molecule has 1 spiro atoms. The third kappa shape index (κ3) is 2.74. The molecule has 0 aromatic carbocycles. The van der Waals surface area contributed by atoms with Crippen molar-refractivity contribution >= 4 is 5.91 Å². The third-order valence-electron chi connectivity index (χ3n) is 6.44. The van der Waals surface area contributed by atoms with Crippen molar-refractivity contribution < 1.29 is 9.53 Å². The zero-order valence-corrected chi connectivity index (χ0v) is 14.5. The summed E-state index contributed by atoms with van der Waals surface area (Å²) in [6, 6.07) is 4.17. The minimum Gasteiger partial charge on any atom is -0.381 e. The molecule has 0 N–H and O–H groups in total. The number of likely N-dealkylation sites (tertiary alicyclic amines) is 2. The van der Waals surface area contributed by atoms with E-state index in [1.165, 1.54) is 12.0 Å². The largest absolute Gasteiger partial charge is 0.381 e. The van der Waals surface area contributed by atoms with Crippen LogP contribution in [-0.2, 0) is 9.53 Å². The predicted octanol–water partition coefficient (Wildman–Crippen LogP) is 1.90. The molecule has 3 aliphatic rings. The molecule has 1 aromatic heterocycles. The molecule has 3 saturated heterocycles. The van der Waals surface area contributed by atoms with Crippen LogP contribution in [-0.4, -0.2) is 66.1 Å². The van der Waals surface area contributed by atoms with Gasteiger partial charge < -0.3 is 14.5 Å². The molecule has 4 rings (SSSR count). The number of ether oxygens (including phenoxy) is 1. The quantitative estimate of drug-likeness (QED) is 0.850. The molecule has 0 bridgehead atoms. The fourth-order valence-electron chi connectivity index (χ4n) is 4.91. The van der Waals surface area contributed by atoms with Crippen LogP contribution in [0.3, 0.4) is 0 Å². The summed E-state index contributed by atoms with van der Waals surface area (Å²) in [5.74, 6) is 1.28. The number of nitrogens with zero attached hydrogens (tertiary/aromatic N) is 3. The molecule has 0 aliphatic carbocycles. The summed E-state index contributed by atoms with van der Waals surface area (Å²) >= 11 is 0. The lowest BCUT2D eigenvalue weighted by molar-refractivity contribution is -0.130. The Morgan fingerprint density at radius 1 is 1.29 bits per heavy atom. The molecule has 1 aromatic rings. The molecule has 3 aliphatic heterocycles. The first kappa shape index (κ1) is 16.0. The standard InChI is InChI=1S/C19H27N3O2/c1-21-18(23)12-17(16-2-7-20-8-3-16)19(21)5-9-22(10-6-19)13-15-4-11-24-14-15/h2-3,7-8,15,17H,4-6,9-14H2,1H3/t15-,17-/m1/s1. The van der Waals surface area contributed by atoms with Gasteiger partial charge in [-0.25, -0.2) is 0 Å². The van der Waals surface area contributed by atoms with Crippen molar-refractivity contribution in [1.29, 1.82) is 0 Å². The molecule has 1 amide bonds. The van der Waals surface area contributed by atoms with Gasteiger partial charge in [-0.2, -0.15) is 0 Å². The second-order valence-corrected chi connectivity index (χ2v) is 7.62. The van der Waals surface area contributed by atoms with E-state index in [-0.39, 0.29) is 11.4 Å². The van der Waals surface area contributed by atoms with Crippen molar-refractivity contribution in [2.75, 3.05) is 39.9 Å². The lowest BCUT2D eigenvalue weighted by atomic mass is 9.74. The van der Waals surface area contributed by atoms with Gasteiger partial charge >= 0.3 is 0 Å². The van der Waals surface area contributed by atoms with E-state index in [1.807, 2.05) is 24.3 Å². The number of likely N-dealkylation sites (N-methyl/N-ethyl adjacent to an activating group) is 1. The van der Waals surface area contributed by atoms with Gasteiger partial charge in [-0.3, -0.25) is 9.78 Å². The van der Waals surface area contributed by atoms with Crippen LogP contribution in [0, 0.1) is 5.92 Å². The highest BCUT2D eigenvalue weighted by molar-refractivity contribution is 5.81. The fourth-order valence-corrected chi connectivity index (χ4v) is 4.91. The van der Waals surface area contributed by atoms with Crippen LogP contribution < -0.4 is 0 Å². The first-order valence-corrected chi connectivity index (χ1v) is 9.16. The van der Waals surface area contributed by atoms with Gasteiger partial charge in [0.05, 0.1) is 12.1 Å². The number of pyridine rings is 1. The Labute approximate surface area is 144 Å². The Morgan fingerprint density at radius 2 is 2.04 bits per heavy atom. The number of carbonyl (C=O) groups excluding carboxylic acids is 1. The molecule has 5 heteroatoms. The second-order valence-electron chi connectivity index (χ2n) is 7.62. The van der Waals surface area contributed by atoms with E-state index in [0.29, 0.717) is 18.3 Å². The van der Waals surface area contributed by atoms with Crippen molar-refractivity contribution in [3.63, 3.8) is 0 Å². The molecular formula is C19H27N3O2. The van der Waals surface area contributed by atoms with Crippen LogP contribution in [0.25, 0.3) is 0 Å². The van der Waals surface area contributed by atoms with Crippen LogP contribution in [0.2, 0.25) is 0 Å². The predicted molar refractivity (Wildman–Crippen MR) is 91.7 cm³/mol. The fraction of sp³-hybridized carbons (Fsp3) is 0.684. The van der Waals surface area contributed by atoms with Crippen molar-refractivity contribution in [2.45, 2.75) is 37.1 Å². The molecule has 24 heavy (non-hydrogen) atoms. The van der Waals surface area contributed by atoms with E-state index in [2.05, 4.69) is 22.0 Å². The van der Waals surface area contributed by atoms with Gasteiger partial charge in [0, 0.05) is 58.0 Å². The van der Waals surface area contributed by atoms with Crippen LogP contribution >= 0.6 is 0 Å². The number of hydrogen-bond acceptors (Lipinski definition) is 4. The van der Waals surface area contributed by atoms with Crippen molar-refractivity contribution in [3.8, 4) is 0 Å². The van der Waals surface area contributed by atoms with Crippen molar-refractivity contribution in [2.24, 2.45) is 5.92 Å². The van der Waals surface area contributed by atoms with Gasteiger partial charge in [-0.05, 0) is 42.9 Å². The van der Waals surface area contributed by atoms with Crippen LogP contribution in [0.5, 0.6) is 0 Å². The molecular weight excluding hydrogens is 302 g/mol. The summed E-state index contributed by atoms with van der Waals surface area (Å²) in [5.41, 5.74) is 1.25. The van der Waals surface area contributed by atoms with E-state index in [0.717, 1.165) is 45.7 Å². The van der Waals surface area contributed by atoms with Crippen molar-refractivity contribution in [3.05, 3.63) is 30.1 Å². The Morgan fingerprint density at radius 3 is 2.71 bits per heavy atom. The maximum absolute atomic E-state index is 12.5. The summed E-state index contributed by atoms with van der Waals surface area (Å²) in [7, 11) is 2.00. The highest BCUT2D eigenvalue weighted by Gasteiger charge is 2.52. The van der Waals surface area contributed by atoms with E-state index in [4.69, 9.17) is 4.74 Å². The highest BCUT2D eigenvalue weighted by atomic mass is 16.5. The number of amides is 1. The highest BCUT2D eigenvalue weighted by Crippen LogP contribution is 2.48. The molecule has 0 unspecified atom stereocenters. The lowest BCUT2D eigenvalue weighted by Crippen LogP contribution is -2.54. The summed E-state index contributed by atoms with van der Waals surface area (Å²) < 4.78 is 5.51. The third-order valence-corrected chi connectivity index (χ3v) is 6.44. The van der Waals surface area contributed by atoms with E-state index in [9.17, 15) is 4.79 Å². The lowest BCUT2D eigenvalue weighted by Gasteiger charge is -2.47. The van der Waals surface area contributed by atoms with Crippen LogP contribution in [0.4, 0.5) is 0 Å². The Kier molecular flexibility index (Phi) is 4.31. The summed E-state index contributed by atoms with van der Waals surface area (Å²) in [6.45, 7) is 5.14. The summed E-state index contributed by atoms with van der Waals surface area (Å²) in [5, 5.41) is 0.